The summed E-state index contributed by atoms with van der Waals surface area (Å²) in [6, 6.07) is 1.17. The van der Waals surface area contributed by atoms with Gasteiger partial charge in [0, 0.05) is 0 Å². The lowest BCUT2D eigenvalue weighted by atomic mass is 9.78. The second-order valence-electron chi connectivity index (χ2n) is 3.08. The normalized spacial score (nSPS) is 11.5. The van der Waals surface area contributed by atoms with Gasteiger partial charge in [0.25, 0.3) is 0 Å². The van der Waals surface area contributed by atoms with E-state index in [1.165, 1.54) is 0 Å². The quantitative estimate of drug-likeness (QED) is 0.611. The zero-order chi connectivity index (χ0) is 11.8. The summed E-state index contributed by atoms with van der Waals surface area (Å²) in [7, 11) is 0. The topological polar surface area (TPSA) is 37.3 Å². The average molecular weight is 221 g/mol. The van der Waals surface area contributed by atoms with Gasteiger partial charge in [0.15, 0.2) is 0 Å². The third kappa shape index (κ3) is 2.29. The van der Waals surface area contributed by atoms with Crippen molar-refractivity contribution in [2.45, 2.75) is 6.92 Å². The third-order valence-corrected chi connectivity index (χ3v) is 1.88. The molecule has 0 saturated heterocycles. The van der Waals surface area contributed by atoms with Gasteiger partial charge in [-0.1, -0.05) is 11.5 Å². The molecule has 0 atom stereocenters. The highest BCUT2D eigenvalue weighted by atomic mass is 19.4. The first-order valence-electron chi connectivity index (χ1n) is 3.96. The van der Waals surface area contributed by atoms with Gasteiger partial charge in [-0.3, -0.25) is 0 Å². The van der Waals surface area contributed by atoms with Crippen LogP contribution in [0.25, 0.3) is 0 Å². The van der Waals surface area contributed by atoms with Gasteiger partial charge >= 0.3 is 12.9 Å². The zero-order valence-electron chi connectivity index (χ0n) is 7.60. The van der Waals surface area contributed by atoms with Crippen molar-refractivity contribution in [2.75, 3.05) is 0 Å². The van der Waals surface area contributed by atoms with Crippen LogP contribution in [-0.4, -0.2) is 18.1 Å². The largest absolute Gasteiger partial charge is 0.512 e. The summed E-state index contributed by atoms with van der Waals surface area (Å²) in [5.74, 6) is -2.92. The Morgan fingerprint density at radius 1 is 1.33 bits per heavy atom. The summed E-state index contributed by atoms with van der Waals surface area (Å²) in [5, 5.41) is 8.51. The number of benzene rings is 1. The van der Waals surface area contributed by atoms with Crippen molar-refractivity contribution in [2.24, 2.45) is 0 Å². The summed E-state index contributed by atoms with van der Waals surface area (Å²) >= 11 is 0. The van der Waals surface area contributed by atoms with Gasteiger partial charge < -0.3 is 18.1 Å². The van der Waals surface area contributed by atoms with Crippen molar-refractivity contribution < 1.29 is 27.2 Å². The molecule has 0 bridgehead atoms. The molecular weight excluding hydrogens is 215 g/mol. The fraction of sp³-hybridized carbons (Fsp3) is 0.125. The molecule has 0 aliphatic heterocycles. The number of carboxylic acid groups (broad SMARTS) is 1. The molecule has 0 spiro atoms. The Hall–Kier alpha value is -1.53. The molecule has 0 fully saturated rings. The number of rotatable bonds is 2. The highest BCUT2D eigenvalue weighted by molar-refractivity contribution is 6.73. The first kappa shape index (κ1) is 11.5. The monoisotopic (exact) mass is 221 g/mol. The van der Waals surface area contributed by atoms with Crippen molar-refractivity contribution in [3.05, 3.63) is 29.1 Å². The molecule has 0 aliphatic rings. The summed E-state index contributed by atoms with van der Waals surface area (Å²) in [5.41, 5.74) is -2.39. The zero-order valence-corrected chi connectivity index (χ0v) is 7.60. The molecule has 0 heterocycles. The number of carboxylic acids is 1. The van der Waals surface area contributed by atoms with E-state index in [-0.39, 0.29) is 5.56 Å². The number of carbonyl (C=O) groups is 1. The van der Waals surface area contributed by atoms with E-state index >= 15 is 0 Å². The van der Waals surface area contributed by atoms with Crippen LogP contribution in [-0.2, 0) is 0 Å². The summed E-state index contributed by atoms with van der Waals surface area (Å²) in [4.78, 5) is 10.5. The van der Waals surface area contributed by atoms with E-state index < -0.39 is 29.8 Å². The maximum absolute atomic E-state index is 13.0. The minimum Gasteiger partial charge on any atom is -0.478 e. The Kier molecular flexibility index (Phi) is 2.74. The second kappa shape index (κ2) is 3.56. The van der Waals surface area contributed by atoms with E-state index in [1.807, 2.05) is 0 Å². The second-order valence-corrected chi connectivity index (χ2v) is 3.08. The van der Waals surface area contributed by atoms with Gasteiger partial charge in [-0.2, -0.15) is 0 Å². The predicted molar refractivity (Wildman–Crippen MR) is 46.8 cm³/mol. The van der Waals surface area contributed by atoms with Gasteiger partial charge in [-0.15, -0.1) is 0 Å². The van der Waals surface area contributed by atoms with Crippen LogP contribution in [0.5, 0.6) is 0 Å². The van der Waals surface area contributed by atoms with Crippen LogP contribution < -0.4 is 5.46 Å². The van der Waals surface area contributed by atoms with Crippen LogP contribution in [0.2, 0.25) is 0 Å². The van der Waals surface area contributed by atoms with Gasteiger partial charge in [-0.05, 0) is 18.6 Å². The van der Waals surface area contributed by atoms with Gasteiger partial charge in [0.05, 0.1) is 11.4 Å². The molecule has 2 nitrogen and oxygen atoms in total. The highest BCUT2D eigenvalue weighted by Crippen LogP contribution is 2.16. The molecule has 1 aromatic rings. The summed E-state index contributed by atoms with van der Waals surface area (Å²) < 4.78 is 49.9. The van der Waals surface area contributed by atoms with Crippen molar-refractivity contribution >= 4 is 18.4 Å². The first-order valence-corrected chi connectivity index (χ1v) is 3.96. The minimum atomic E-state index is -5.53. The third-order valence-electron chi connectivity index (χ3n) is 1.88. The van der Waals surface area contributed by atoms with Crippen molar-refractivity contribution in [1.82, 2.24) is 0 Å². The molecule has 0 saturated carbocycles. The molecular formula is C8H6BF4O2-. The molecule has 0 aromatic heterocycles. The Balaban J connectivity index is 3.45. The van der Waals surface area contributed by atoms with Gasteiger partial charge in [0.1, 0.15) is 0 Å². The van der Waals surface area contributed by atoms with Gasteiger partial charge in [0.2, 0.25) is 0 Å². The fourth-order valence-electron chi connectivity index (χ4n) is 1.16. The lowest BCUT2D eigenvalue weighted by Gasteiger charge is -2.17. The average Bonchev–Trinajstić information content (AvgIpc) is 2.06. The lowest BCUT2D eigenvalue weighted by molar-refractivity contribution is 0.0697. The highest BCUT2D eigenvalue weighted by Gasteiger charge is 2.30. The van der Waals surface area contributed by atoms with E-state index in [9.17, 15) is 22.1 Å². The summed E-state index contributed by atoms with van der Waals surface area (Å²) in [6.45, 7) is -4.44. The minimum absolute atomic E-state index is 0.310. The molecule has 82 valence electrons. The Bertz CT molecular complexity index is 414. The van der Waals surface area contributed by atoms with Crippen LogP contribution in [0.15, 0.2) is 12.1 Å². The number of halogens is 4. The van der Waals surface area contributed by atoms with Crippen LogP contribution in [0.3, 0.4) is 0 Å². The van der Waals surface area contributed by atoms with E-state index in [1.54, 1.807) is 0 Å². The maximum Gasteiger partial charge on any atom is 0.512 e. The Morgan fingerprint density at radius 3 is 2.27 bits per heavy atom. The first-order chi connectivity index (χ1) is 6.73. The van der Waals surface area contributed by atoms with Crippen LogP contribution in [0, 0.1) is 12.7 Å². The van der Waals surface area contributed by atoms with Crippen LogP contribution in [0.1, 0.15) is 15.9 Å². The maximum atomic E-state index is 13.0. The molecule has 1 N–H and O–H groups in total. The molecule has 0 aliphatic carbocycles. The van der Waals surface area contributed by atoms with E-state index in [0.29, 0.717) is 6.07 Å². The number of hydrogen-bond donors (Lipinski definition) is 1. The Labute approximate surface area is 82.6 Å². The molecule has 15 heavy (non-hydrogen) atoms. The smallest absolute Gasteiger partial charge is 0.478 e. The standard InChI is InChI=1S/C8H6BF4O2/c1-4-2-5(8(14)15)3-6(7(4)10)9(11,12)13/h2-3H,1H3,(H,14,15)/q-1. The molecule has 0 unspecified atom stereocenters. The van der Waals surface area contributed by atoms with E-state index in [4.69, 9.17) is 5.11 Å². The van der Waals surface area contributed by atoms with E-state index in [0.717, 1.165) is 13.0 Å². The van der Waals surface area contributed by atoms with Crippen molar-refractivity contribution in [1.29, 1.82) is 0 Å². The predicted octanol–water partition coefficient (Wildman–Crippen LogP) is 1.89. The lowest BCUT2D eigenvalue weighted by Crippen LogP contribution is -2.38. The molecule has 1 rings (SSSR count). The van der Waals surface area contributed by atoms with E-state index in [2.05, 4.69) is 0 Å². The molecule has 7 heteroatoms. The summed E-state index contributed by atoms with van der Waals surface area (Å²) in [6.07, 6.45) is 0. The van der Waals surface area contributed by atoms with Gasteiger partial charge in [-0.25, -0.2) is 9.18 Å². The molecule has 0 radical (unpaired) electrons. The van der Waals surface area contributed by atoms with Crippen LogP contribution >= 0.6 is 0 Å². The number of hydrogen-bond acceptors (Lipinski definition) is 1. The van der Waals surface area contributed by atoms with Crippen LogP contribution in [0.4, 0.5) is 17.3 Å². The van der Waals surface area contributed by atoms with Crippen molar-refractivity contribution in [3.63, 3.8) is 0 Å². The number of aryl methyl sites for hydroxylation is 1. The SMILES string of the molecule is Cc1cc(C(=O)O)cc([B-](F)(F)F)c1F. The molecule has 1 aromatic carbocycles. The fourth-order valence-corrected chi connectivity index (χ4v) is 1.16. The Morgan fingerprint density at radius 2 is 1.87 bits per heavy atom. The molecule has 0 amide bonds. The van der Waals surface area contributed by atoms with Crippen molar-refractivity contribution in [3.8, 4) is 0 Å². The number of aromatic carboxylic acids is 1.